The van der Waals surface area contributed by atoms with Gasteiger partial charge in [0.25, 0.3) is 5.69 Å². The number of aryl methyl sites for hydroxylation is 1. The summed E-state index contributed by atoms with van der Waals surface area (Å²) in [6.45, 7) is 2.33. The first-order valence-corrected chi connectivity index (χ1v) is 6.39. The lowest BCUT2D eigenvalue weighted by molar-refractivity contribution is -0.384. The van der Waals surface area contributed by atoms with Crippen LogP contribution >= 0.6 is 0 Å². The molecule has 1 aromatic rings. The Kier molecular flexibility index (Phi) is 4.20. The normalized spacial score (nSPS) is 17.8. The summed E-state index contributed by atoms with van der Waals surface area (Å²) in [7, 11) is 0. The Hall–Kier alpha value is -1.73. The molecule has 0 aromatic heterocycles. The molecular weight excluding hydrogens is 267 g/mol. The minimum Gasteiger partial charge on any atom is -0.394 e. The zero-order valence-electron chi connectivity index (χ0n) is 11.2. The van der Waals surface area contributed by atoms with Crippen LogP contribution < -0.4 is 5.32 Å². The number of rotatable bonds is 4. The number of nitro benzene ring substituents is 1. The molecule has 0 bridgehead atoms. The molecule has 2 rings (SSSR count). The minimum absolute atomic E-state index is 0.163. The van der Waals surface area contributed by atoms with Gasteiger partial charge in [-0.05, 0) is 31.4 Å². The van der Waals surface area contributed by atoms with E-state index < -0.39 is 16.3 Å². The van der Waals surface area contributed by atoms with Gasteiger partial charge < -0.3 is 15.2 Å². The van der Waals surface area contributed by atoms with Gasteiger partial charge in [-0.1, -0.05) is 0 Å². The summed E-state index contributed by atoms with van der Waals surface area (Å²) < 4.78 is 18.7. The number of benzene rings is 1. The van der Waals surface area contributed by atoms with E-state index in [0.29, 0.717) is 31.6 Å². The number of halogens is 1. The Morgan fingerprint density at radius 2 is 2.15 bits per heavy atom. The van der Waals surface area contributed by atoms with E-state index in [0.717, 1.165) is 6.07 Å². The number of hydrogen-bond donors (Lipinski definition) is 2. The molecule has 6 nitrogen and oxygen atoms in total. The smallest absolute Gasteiger partial charge is 0.295 e. The average molecular weight is 284 g/mol. The van der Waals surface area contributed by atoms with Crippen LogP contribution in [0.25, 0.3) is 0 Å². The second-order valence-electron chi connectivity index (χ2n) is 5.05. The maximum absolute atomic E-state index is 13.5. The fourth-order valence-electron chi connectivity index (χ4n) is 2.29. The minimum atomic E-state index is -0.659. The van der Waals surface area contributed by atoms with Crippen molar-refractivity contribution in [2.24, 2.45) is 0 Å². The predicted molar refractivity (Wildman–Crippen MR) is 71.3 cm³/mol. The highest BCUT2D eigenvalue weighted by molar-refractivity contribution is 5.64. The lowest BCUT2D eigenvalue weighted by atomic mass is 9.90. The standard InChI is InChI=1S/C13H17FN2O4/c1-9-6-11(12(16(18)19)7-10(9)14)15-13(8-17)2-4-20-5-3-13/h6-7,15,17H,2-5,8H2,1H3. The van der Waals surface area contributed by atoms with Crippen LogP contribution in [0.2, 0.25) is 0 Å². The molecule has 0 spiro atoms. The first-order valence-electron chi connectivity index (χ1n) is 6.39. The molecule has 20 heavy (non-hydrogen) atoms. The molecule has 1 aliphatic heterocycles. The SMILES string of the molecule is Cc1cc(NC2(CO)CCOCC2)c([N+](=O)[O-])cc1F. The van der Waals surface area contributed by atoms with Crippen LogP contribution in [0.1, 0.15) is 18.4 Å². The summed E-state index contributed by atoms with van der Waals surface area (Å²) in [5, 5.41) is 23.6. The third-order valence-electron chi connectivity index (χ3n) is 3.63. The number of ether oxygens (including phenoxy) is 1. The molecule has 110 valence electrons. The molecule has 0 amide bonds. The second kappa shape index (κ2) is 5.72. The van der Waals surface area contributed by atoms with Gasteiger partial charge in [0.15, 0.2) is 0 Å². The highest BCUT2D eigenvalue weighted by atomic mass is 19.1. The van der Waals surface area contributed by atoms with E-state index in [9.17, 15) is 19.6 Å². The molecule has 0 atom stereocenters. The number of anilines is 1. The van der Waals surface area contributed by atoms with Gasteiger partial charge >= 0.3 is 0 Å². The van der Waals surface area contributed by atoms with E-state index in [1.165, 1.54) is 6.07 Å². The van der Waals surface area contributed by atoms with Crippen molar-refractivity contribution in [3.8, 4) is 0 Å². The molecule has 0 unspecified atom stereocenters. The van der Waals surface area contributed by atoms with Crippen molar-refractivity contribution >= 4 is 11.4 Å². The third-order valence-corrected chi connectivity index (χ3v) is 3.63. The monoisotopic (exact) mass is 284 g/mol. The summed E-state index contributed by atoms with van der Waals surface area (Å²) in [6, 6.07) is 2.31. The molecule has 1 aliphatic rings. The molecular formula is C13H17FN2O4. The molecule has 0 aliphatic carbocycles. The van der Waals surface area contributed by atoms with Gasteiger partial charge in [-0.25, -0.2) is 4.39 Å². The number of nitro groups is 1. The van der Waals surface area contributed by atoms with Gasteiger partial charge in [0.1, 0.15) is 11.5 Å². The predicted octanol–water partition coefficient (Wildman–Crippen LogP) is 2.00. The summed E-state index contributed by atoms with van der Waals surface area (Å²) in [4.78, 5) is 10.4. The number of aliphatic hydroxyl groups is 1. The fourth-order valence-corrected chi connectivity index (χ4v) is 2.29. The number of hydrogen-bond acceptors (Lipinski definition) is 5. The van der Waals surface area contributed by atoms with Gasteiger partial charge in [0.2, 0.25) is 0 Å². The molecule has 1 fully saturated rings. The zero-order valence-corrected chi connectivity index (χ0v) is 11.2. The Morgan fingerprint density at radius 3 is 2.70 bits per heavy atom. The lowest BCUT2D eigenvalue weighted by Gasteiger charge is -2.37. The second-order valence-corrected chi connectivity index (χ2v) is 5.05. The average Bonchev–Trinajstić information content (AvgIpc) is 2.43. The van der Waals surface area contributed by atoms with Gasteiger partial charge in [0, 0.05) is 13.2 Å². The molecule has 1 heterocycles. The largest absolute Gasteiger partial charge is 0.394 e. The van der Waals surface area contributed by atoms with Gasteiger partial charge in [-0.2, -0.15) is 0 Å². The van der Waals surface area contributed by atoms with Crippen LogP contribution in [0.4, 0.5) is 15.8 Å². The Labute approximate surface area is 115 Å². The Bertz CT molecular complexity index is 515. The lowest BCUT2D eigenvalue weighted by Crippen LogP contribution is -2.47. The van der Waals surface area contributed by atoms with Crippen molar-refractivity contribution in [2.45, 2.75) is 25.3 Å². The zero-order chi connectivity index (χ0) is 14.8. The first-order chi connectivity index (χ1) is 9.47. The van der Waals surface area contributed by atoms with E-state index in [4.69, 9.17) is 4.74 Å². The van der Waals surface area contributed by atoms with Crippen molar-refractivity contribution in [3.05, 3.63) is 33.6 Å². The van der Waals surface area contributed by atoms with Crippen molar-refractivity contribution in [3.63, 3.8) is 0 Å². The van der Waals surface area contributed by atoms with Crippen LogP contribution in [-0.2, 0) is 4.74 Å². The van der Waals surface area contributed by atoms with Crippen LogP contribution in [0.5, 0.6) is 0 Å². The topological polar surface area (TPSA) is 84.6 Å². The Balaban J connectivity index is 2.36. The summed E-state index contributed by atoms with van der Waals surface area (Å²) in [6.07, 6.45) is 1.08. The van der Waals surface area contributed by atoms with Crippen molar-refractivity contribution in [1.29, 1.82) is 0 Å². The summed E-state index contributed by atoms with van der Waals surface area (Å²) in [5.41, 5.74) is -0.441. The van der Waals surface area contributed by atoms with Gasteiger partial charge in [-0.15, -0.1) is 0 Å². The van der Waals surface area contributed by atoms with Crippen molar-refractivity contribution in [2.75, 3.05) is 25.1 Å². The third kappa shape index (κ3) is 2.88. The van der Waals surface area contributed by atoms with E-state index in [1.807, 2.05) is 0 Å². The molecule has 7 heteroatoms. The van der Waals surface area contributed by atoms with E-state index in [1.54, 1.807) is 6.92 Å². The number of nitrogens with zero attached hydrogens (tertiary/aromatic N) is 1. The van der Waals surface area contributed by atoms with Gasteiger partial charge in [-0.3, -0.25) is 10.1 Å². The van der Waals surface area contributed by atoms with Gasteiger partial charge in [0.05, 0.1) is 23.1 Å². The number of aliphatic hydroxyl groups excluding tert-OH is 1. The highest BCUT2D eigenvalue weighted by Crippen LogP contribution is 2.33. The number of nitrogens with one attached hydrogen (secondary N) is 1. The Morgan fingerprint density at radius 1 is 1.50 bits per heavy atom. The first kappa shape index (κ1) is 14.7. The molecule has 1 saturated heterocycles. The molecule has 0 saturated carbocycles. The molecule has 0 radical (unpaired) electrons. The fraction of sp³-hybridized carbons (Fsp3) is 0.538. The van der Waals surface area contributed by atoms with Crippen LogP contribution in [-0.4, -0.2) is 35.4 Å². The molecule has 1 aromatic carbocycles. The maximum Gasteiger partial charge on any atom is 0.295 e. The van der Waals surface area contributed by atoms with E-state index >= 15 is 0 Å². The van der Waals surface area contributed by atoms with Crippen molar-refractivity contribution < 1.29 is 19.2 Å². The summed E-state index contributed by atoms with van der Waals surface area (Å²) >= 11 is 0. The van der Waals surface area contributed by atoms with E-state index in [2.05, 4.69) is 5.32 Å². The van der Waals surface area contributed by atoms with E-state index in [-0.39, 0.29) is 18.0 Å². The van der Waals surface area contributed by atoms with Crippen LogP contribution in [0, 0.1) is 22.9 Å². The summed E-state index contributed by atoms with van der Waals surface area (Å²) in [5.74, 6) is -0.618. The van der Waals surface area contributed by atoms with Crippen LogP contribution in [0.15, 0.2) is 12.1 Å². The van der Waals surface area contributed by atoms with Crippen molar-refractivity contribution in [1.82, 2.24) is 0 Å². The molecule has 2 N–H and O–H groups in total. The maximum atomic E-state index is 13.5. The quantitative estimate of drug-likeness (QED) is 0.652. The highest BCUT2D eigenvalue weighted by Gasteiger charge is 2.34. The van der Waals surface area contributed by atoms with Crippen LogP contribution in [0.3, 0.4) is 0 Å².